The first kappa shape index (κ1) is 17.8. The van der Waals surface area contributed by atoms with E-state index in [2.05, 4.69) is 59.5 Å². The number of piperidine rings is 1. The van der Waals surface area contributed by atoms with Crippen molar-refractivity contribution in [1.82, 2.24) is 44.0 Å². The second-order valence-corrected chi connectivity index (χ2v) is 7.21. The van der Waals surface area contributed by atoms with Gasteiger partial charge in [-0.05, 0) is 32.4 Å². The Kier molecular flexibility index (Phi) is 5.28. The lowest BCUT2D eigenvalue weighted by molar-refractivity contribution is 0.194. The molecule has 0 spiro atoms. The molecule has 9 heteroatoms. The summed E-state index contributed by atoms with van der Waals surface area (Å²) in [6.45, 7) is 6.90. The van der Waals surface area contributed by atoms with Crippen LogP contribution in [0.25, 0.3) is 0 Å². The quantitative estimate of drug-likeness (QED) is 0.627. The van der Waals surface area contributed by atoms with Gasteiger partial charge in [0.25, 0.3) is 0 Å². The van der Waals surface area contributed by atoms with Crippen LogP contribution in [0.5, 0.6) is 0 Å². The molecule has 0 aliphatic carbocycles. The van der Waals surface area contributed by atoms with Gasteiger partial charge in [-0.25, -0.2) is 14.6 Å². The standard InChI is InChI=1S/C18H27N9/c1-3-7-26-10-6-20-16(26)11-25-8-4-15(5-9-25)18-23-22-17(24(18)2)12-27-14-19-13-21-27/h6,10,13-15H,3-5,7-9,11-12H2,1-2H3. The summed E-state index contributed by atoms with van der Waals surface area (Å²) >= 11 is 0. The van der Waals surface area contributed by atoms with Crippen LogP contribution in [0.4, 0.5) is 0 Å². The van der Waals surface area contributed by atoms with Crippen molar-refractivity contribution in [3.05, 3.63) is 42.5 Å². The van der Waals surface area contributed by atoms with Gasteiger partial charge >= 0.3 is 0 Å². The number of imidazole rings is 1. The highest BCUT2D eigenvalue weighted by Crippen LogP contribution is 2.27. The van der Waals surface area contributed by atoms with Gasteiger partial charge in [0.05, 0.1) is 6.54 Å². The van der Waals surface area contributed by atoms with Gasteiger partial charge in [-0.2, -0.15) is 5.10 Å². The summed E-state index contributed by atoms with van der Waals surface area (Å²) in [7, 11) is 2.05. The molecule has 0 amide bonds. The molecule has 0 bridgehead atoms. The first-order valence-corrected chi connectivity index (χ1v) is 9.67. The van der Waals surface area contributed by atoms with E-state index < -0.39 is 0 Å². The van der Waals surface area contributed by atoms with Crippen molar-refractivity contribution in [2.24, 2.45) is 7.05 Å². The lowest BCUT2D eigenvalue weighted by Crippen LogP contribution is -2.34. The summed E-state index contributed by atoms with van der Waals surface area (Å²) in [5.74, 6) is 3.62. The normalized spacial score (nSPS) is 16.2. The largest absolute Gasteiger partial charge is 0.334 e. The van der Waals surface area contributed by atoms with E-state index in [1.807, 2.05) is 6.20 Å². The van der Waals surface area contributed by atoms with Gasteiger partial charge in [0.1, 0.15) is 30.8 Å². The zero-order valence-corrected chi connectivity index (χ0v) is 16.1. The molecule has 4 rings (SSSR count). The van der Waals surface area contributed by atoms with Gasteiger partial charge in [0.15, 0.2) is 5.82 Å². The zero-order valence-electron chi connectivity index (χ0n) is 16.1. The van der Waals surface area contributed by atoms with Crippen molar-refractivity contribution in [1.29, 1.82) is 0 Å². The van der Waals surface area contributed by atoms with E-state index in [-0.39, 0.29) is 0 Å². The van der Waals surface area contributed by atoms with E-state index in [0.29, 0.717) is 12.5 Å². The van der Waals surface area contributed by atoms with Crippen molar-refractivity contribution in [2.45, 2.75) is 51.7 Å². The van der Waals surface area contributed by atoms with E-state index in [4.69, 9.17) is 0 Å². The molecule has 0 unspecified atom stereocenters. The lowest BCUT2D eigenvalue weighted by Gasteiger charge is -2.31. The first-order valence-electron chi connectivity index (χ1n) is 9.67. The van der Waals surface area contributed by atoms with Gasteiger partial charge < -0.3 is 9.13 Å². The van der Waals surface area contributed by atoms with Crippen LogP contribution in [0.1, 0.15) is 49.6 Å². The Balaban J connectivity index is 1.35. The average molecular weight is 369 g/mol. The van der Waals surface area contributed by atoms with Gasteiger partial charge in [0, 0.05) is 31.9 Å². The molecule has 0 N–H and O–H groups in total. The number of nitrogens with zero attached hydrogens (tertiary/aromatic N) is 9. The number of rotatable bonds is 7. The molecule has 9 nitrogen and oxygen atoms in total. The van der Waals surface area contributed by atoms with Crippen LogP contribution in [0.2, 0.25) is 0 Å². The van der Waals surface area contributed by atoms with Crippen LogP contribution in [0.15, 0.2) is 25.0 Å². The predicted octanol–water partition coefficient (Wildman–Crippen LogP) is 1.44. The zero-order chi connectivity index (χ0) is 18.6. The highest BCUT2D eigenvalue weighted by atomic mass is 15.4. The number of aromatic nitrogens is 8. The summed E-state index contributed by atoms with van der Waals surface area (Å²) in [6.07, 6.45) is 10.6. The third-order valence-electron chi connectivity index (χ3n) is 5.35. The summed E-state index contributed by atoms with van der Waals surface area (Å²) in [6, 6.07) is 0. The minimum Gasteiger partial charge on any atom is -0.334 e. The van der Waals surface area contributed by atoms with Gasteiger partial charge in [-0.15, -0.1) is 10.2 Å². The highest BCUT2D eigenvalue weighted by molar-refractivity contribution is 5.04. The maximum Gasteiger partial charge on any atom is 0.154 e. The van der Waals surface area contributed by atoms with E-state index in [1.54, 1.807) is 17.3 Å². The van der Waals surface area contributed by atoms with E-state index >= 15 is 0 Å². The SMILES string of the molecule is CCCn1ccnc1CN1CCC(c2nnc(Cn3cncn3)n2C)CC1. The maximum atomic E-state index is 4.54. The summed E-state index contributed by atoms with van der Waals surface area (Å²) < 4.78 is 6.16. The van der Waals surface area contributed by atoms with Crippen molar-refractivity contribution in [3.63, 3.8) is 0 Å². The molecule has 0 radical (unpaired) electrons. The Bertz CT molecular complexity index is 840. The fourth-order valence-electron chi connectivity index (χ4n) is 3.81. The Morgan fingerprint density at radius 2 is 1.96 bits per heavy atom. The van der Waals surface area contributed by atoms with Crippen molar-refractivity contribution >= 4 is 0 Å². The smallest absolute Gasteiger partial charge is 0.154 e. The molecule has 1 aliphatic rings. The predicted molar refractivity (Wildman–Crippen MR) is 99.9 cm³/mol. The van der Waals surface area contributed by atoms with E-state index in [1.165, 1.54) is 5.82 Å². The molecule has 3 aromatic rings. The van der Waals surface area contributed by atoms with E-state index in [9.17, 15) is 0 Å². The molecular formula is C18H27N9. The second kappa shape index (κ2) is 7.99. The third kappa shape index (κ3) is 3.92. The third-order valence-corrected chi connectivity index (χ3v) is 5.35. The molecule has 4 heterocycles. The van der Waals surface area contributed by atoms with Crippen molar-refractivity contribution in [2.75, 3.05) is 13.1 Å². The number of aryl methyl sites for hydroxylation is 1. The minimum absolute atomic E-state index is 0.457. The van der Waals surface area contributed by atoms with Crippen LogP contribution in [-0.4, -0.2) is 57.1 Å². The van der Waals surface area contributed by atoms with Crippen molar-refractivity contribution < 1.29 is 0 Å². The Morgan fingerprint density at radius 1 is 1.11 bits per heavy atom. The van der Waals surface area contributed by atoms with Gasteiger partial charge in [-0.3, -0.25) is 4.90 Å². The Morgan fingerprint density at radius 3 is 2.70 bits per heavy atom. The number of hydrogen-bond donors (Lipinski definition) is 0. The average Bonchev–Trinajstić information content (AvgIpc) is 3.41. The van der Waals surface area contributed by atoms with Crippen LogP contribution in [0, 0.1) is 0 Å². The Labute approximate surface area is 159 Å². The van der Waals surface area contributed by atoms with Crippen LogP contribution in [0.3, 0.4) is 0 Å². The molecule has 0 aromatic carbocycles. The molecule has 27 heavy (non-hydrogen) atoms. The summed E-state index contributed by atoms with van der Waals surface area (Å²) in [4.78, 5) is 11.0. The van der Waals surface area contributed by atoms with Crippen molar-refractivity contribution in [3.8, 4) is 0 Å². The fourth-order valence-corrected chi connectivity index (χ4v) is 3.81. The fraction of sp³-hybridized carbons (Fsp3) is 0.611. The molecule has 0 atom stereocenters. The lowest BCUT2D eigenvalue weighted by atomic mass is 9.96. The summed E-state index contributed by atoms with van der Waals surface area (Å²) in [5, 5.41) is 13.0. The topological polar surface area (TPSA) is 82.5 Å². The highest BCUT2D eigenvalue weighted by Gasteiger charge is 2.25. The molecule has 3 aromatic heterocycles. The monoisotopic (exact) mass is 369 g/mol. The molecule has 1 aliphatic heterocycles. The van der Waals surface area contributed by atoms with Crippen LogP contribution >= 0.6 is 0 Å². The second-order valence-electron chi connectivity index (χ2n) is 7.21. The van der Waals surface area contributed by atoms with Gasteiger partial charge in [0.2, 0.25) is 0 Å². The molecule has 0 saturated carbocycles. The summed E-state index contributed by atoms with van der Waals surface area (Å²) in [5.41, 5.74) is 0. The van der Waals surface area contributed by atoms with Crippen LogP contribution < -0.4 is 0 Å². The molecule has 1 fully saturated rings. The number of likely N-dealkylation sites (tertiary alicyclic amines) is 1. The maximum absolute atomic E-state index is 4.54. The first-order chi connectivity index (χ1) is 13.2. The molecule has 1 saturated heterocycles. The number of hydrogen-bond acceptors (Lipinski definition) is 6. The minimum atomic E-state index is 0.457. The van der Waals surface area contributed by atoms with Gasteiger partial charge in [-0.1, -0.05) is 6.92 Å². The molecule has 144 valence electrons. The Hall–Kier alpha value is -2.55. The van der Waals surface area contributed by atoms with E-state index in [0.717, 1.165) is 57.1 Å². The van der Waals surface area contributed by atoms with Crippen LogP contribution in [-0.2, 0) is 26.7 Å². The molecular weight excluding hydrogens is 342 g/mol.